The molecule has 0 fully saturated rings. The van der Waals surface area contributed by atoms with E-state index in [1.807, 2.05) is 31.2 Å². The summed E-state index contributed by atoms with van der Waals surface area (Å²) in [4.78, 5) is 14.4. The van der Waals surface area contributed by atoms with Crippen molar-refractivity contribution >= 4 is 5.69 Å². The first-order chi connectivity index (χ1) is 11.5. The highest BCUT2D eigenvalue weighted by Crippen LogP contribution is 2.20. The largest absolute Gasteiger partial charge is 0.386 e. The van der Waals surface area contributed by atoms with Gasteiger partial charge in [0, 0.05) is 17.7 Å². The van der Waals surface area contributed by atoms with E-state index in [2.05, 4.69) is 10.1 Å². The highest BCUT2D eigenvalue weighted by Gasteiger charge is 2.12. The third kappa shape index (κ3) is 3.47. The topological polar surface area (TPSA) is 94.1 Å². The Morgan fingerprint density at radius 2 is 1.83 bits per heavy atom. The van der Waals surface area contributed by atoms with Gasteiger partial charge in [0.2, 0.25) is 0 Å². The first-order valence-electron chi connectivity index (χ1n) is 7.42. The fraction of sp³-hybridized carbons (Fsp3) is 0.176. The van der Waals surface area contributed by atoms with Crippen LogP contribution in [0.3, 0.4) is 0 Å². The maximum atomic E-state index is 10.7. The van der Waals surface area contributed by atoms with Crippen LogP contribution in [0.4, 0.5) is 5.69 Å². The number of aromatic nitrogens is 3. The average Bonchev–Trinajstić information content (AvgIpc) is 3.04. The third-order valence-electron chi connectivity index (χ3n) is 3.69. The van der Waals surface area contributed by atoms with E-state index in [0.717, 1.165) is 11.1 Å². The summed E-state index contributed by atoms with van der Waals surface area (Å²) in [6.07, 6.45) is 0.853. The van der Waals surface area contributed by atoms with Gasteiger partial charge >= 0.3 is 0 Å². The highest BCUT2D eigenvalue weighted by atomic mass is 16.6. The summed E-state index contributed by atoms with van der Waals surface area (Å²) in [6, 6.07) is 13.7. The summed E-state index contributed by atoms with van der Waals surface area (Å²) >= 11 is 0. The van der Waals surface area contributed by atoms with Crippen LogP contribution in [0, 0.1) is 17.0 Å². The Labute approximate surface area is 138 Å². The van der Waals surface area contributed by atoms with E-state index in [-0.39, 0.29) is 12.2 Å². The Kier molecular flexibility index (Phi) is 4.35. The lowest BCUT2D eigenvalue weighted by atomic mass is 10.1. The summed E-state index contributed by atoms with van der Waals surface area (Å²) < 4.78 is 1.56. The van der Waals surface area contributed by atoms with Gasteiger partial charge in [-0.2, -0.15) is 5.10 Å². The van der Waals surface area contributed by atoms with Crippen LogP contribution < -0.4 is 0 Å². The summed E-state index contributed by atoms with van der Waals surface area (Å²) in [5.41, 5.74) is 2.65. The maximum Gasteiger partial charge on any atom is 0.269 e. The zero-order valence-electron chi connectivity index (χ0n) is 13.0. The van der Waals surface area contributed by atoms with Crippen molar-refractivity contribution in [1.29, 1.82) is 0 Å². The second-order valence-corrected chi connectivity index (χ2v) is 5.52. The molecule has 0 saturated heterocycles. The minimum Gasteiger partial charge on any atom is -0.386 e. The number of non-ortho nitro benzene ring substituents is 1. The van der Waals surface area contributed by atoms with Crippen LogP contribution in [0.15, 0.2) is 54.9 Å². The predicted octanol–water partition coefficient (Wildman–Crippen LogP) is 2.90. The number of aryl methyl sites for hydroxylation is 1. The van der Waals surface area contributed by atoms with Gasteiger partial charge in [0.1, 0.15) is 6.33 Å². The van der Waals surface area contributed by atoms with E-state index in [1.165, 1.54) is 18.5 Å². The molecule has 3 rings (SSSR count). The van der Waals surface area contributed by atoms with Crippen LogP contribution in [0.2, 0.25) is 0 Å². The zero-order valence-corrected chi connectivity index (χ0v) is 13.0. The van der Waals surface area contributed by atoms with Crippen molar-refractivity contribution in [2.45, 2.75) is 19.6 Å². The van der Waals surface area contributed by atoms with Crippen LogP contribution in [0.1, 0.15) is 17.2 Å². The summed E-state index contributed by atoms with van der Waals surface area (Å²) in [6.45, 7) is 2.27. The Morgan fingerprint density at radius 1 is 1.17 bits per heavy atom. The van der Waals surface area contributed by atoms with E-state index in [1.54, 1.807) is 16.8 Å². The lowest BCUT2D eigenvalue weighted by molar-refractivity contribution is -0.384. The lowest BCUT2D eigenvalue weighted by Gasteiger charge is -2.10. The Bertz CT molecular complexity index is 841. The predicted molar refractivity (Wildman–Crippen MR) is 88.3 cm³/mol. The van der Waals surface area contributed by atoms with E-state index < -0.39 is 11.0 Å². The van der Waals surface area contributed by atoms with E-state index in [9.17, 15) is 15.2 Å². The molecule has 1 N–H and O–H groups in total. The van der Waals surface area contributed by atoms with Gasteiger partial charge in [0.05, 0.1) is 17.6 Å². The van der Waals surface area contributed by atoms with Gasteiger partial charge in [-0.15, -0.1) is 0 Å². The molecular weight excluding hydrogens is 308 g/mol. The molecular formula is C17H16N4O3. The van der Waals surface area contributed by atoms with Crippen molar-refractivity contribution in [3.8, 4) is 11.4 Å². The van der Waals surface area contributed by atoms with Crippen LogP contribution in [-0.2, 0) is 6.54 Å². The first-order valence-corrected chi connectivity index (χ1v) is 7.42. The van der Waals surface area contributed by atoms with Crippen molar-refractivity contribution in [3.63, 3.8) is 0 Å². The molecule has 3 aromatic rings. The normalized spacial score (nSPS) is 12.1. The number of nitro benzene ring substituents is 1. The molecule has 122 valence electrons. The SMILES string of the molecule is Cc1ccc(C(O)Cn2cnc(-c3ccc([N+](=O)[O-])cc3)n2)cc1. The second-order valence-electron chi connectivity index (χ2n) is 5.52. The summed E-state index contributed by atoms with van der Waals surface area (Å²) in [5, 5.41) is 25.3. The van der Waals surface area contributed by atoms with Gasteiger partial charge in [-0.05, 0) is 24.6 Å². The van der Waals surface area contributed by atoms with Crippen molar-refractivity contribution in [3.05, 3.63) is 76.1 Å². The number of aliphatic hydroxyl groups is 1. The standard InChI is InChI=1S/C17H16N4O3/c1-12-2-4-13(5-3-12)16(22)10-20-11-18-17(19-20)14-6-8-15(9-7-14)21(23)24/h2-9,11,16,22H,10H2,1H3. The Morgan fingerprint density at radius 3 is 2.46 bits per heavy atom. The molecule has 7 nitrogen and oxygen atoms in total. The molecule has 0 aliphatic carbocycles. The summed E-state index contributed by atoms with van der Waals surface area (Å²) in [7, 11) is 0. The van der Waals surface area contributed by atoms with Crippen molar-refractivity contribution < 1.29 is 10.0 Å². The highest BCUT2D eigenvalue weighted by molar-refractivity contribution is 5.56. The van der Waals surface area contributed by atoms with Gasteiger partial charge < -0.3 is 5.11 Å². The fourth-order valence-corrected chi connectivity index (χ4v) is 2.32. The number of aliphatic hydroxyl groups excluding tert-OH is 1. The number of hydrogen-bond acceptors (Lipinski definition) is 5. The first kappa shape index (κ1) is 15.8. The molecule has 7 heteroatoms. The number of nitrogens with zero attached hydrogens (tertiary/aromatic N) is 4. The number of nitro groups is 1. The molecule has 0 saturated carbocycles. The summed E-state index contributed by atoms with van der Waals surface area (Å²) in [5.74, 6) is 0.459. The maximum absolute atomic E-state index is 10.7. The molecule has 1 aromatic heterocycles. The van der Waals surface area contributed by atoms with Crippen LogP contribution in [-0.4, -0.2) is 24.8 Å². The molecule has 0 radical (unpaired) electrons. The van der Waals surface area contributed by atoms with Gasteiger partial charge in [-0.25, -0.2) is 9.67 Å². The molecule has 0 spiro atoms. The molecule has 1 unspecified atom stereocenters. The molecule has 1 atom stereocenters. The monoisotopic (exact) mass is 324 g/mol. The number of rotatable bonds is 5. The second kappa shape index (κ2) is 6.59. The Hall–Kier alpha value is -3.06. The molecule has 0 aliphatic rings. The zero-order chi connectivity index (χ0) is 17.1. The van der Waals surface area contributed by atoms with E-state index in [0.29, 0.717) is 11.4 Å². The van der Waals surface area contributed by atoms with E-state index >= 15 is 0 Å². The van der Waals surface area contributed by atoms with Crippen molar-refractivity contribution in [2.24, 2.45) is 0 Å². The average molecular weight is 324 g/mol. The Balaban J connectivity index is 1.73. The smallest absolute Gasteiger partial charge is 0.269 e. The van der Waals surface area contributed by atoms with Crippen molar-refractivity contribution in [2.75, 3.05) is 0 Å². The molecule has 0 bridgehead atoms. The van der Waals surface area contributed by atoms with Crippen molar-refractivity contribution in [1.82, 2.24) is 14.8 Å². The van der Waals surface area contributed by atoms with Crippen LogP contribution in [0.25, 0.3) is 11.4 Å². The van der Waals surface area contributed by atoms with Crippen LogP contribution in [0.5, 0.6) is 0 Å². The molecule has 0 amide bonds. The van der Waals surface area contributed by atoms with Gasteiger partial charge in [0.15, 0.2) is 5.82 Å². The minimum atomic E-state index is -0.683. The lowest BCUT2D eigenvalue weighted by Crippen LogP contribution is -2.09. The fourth-order valence-electron chi connectivity index (χ4n) is 2.32. The third-order valence-corrected chi connectivity index (χ3v) is 3.69. The molecule has 2 aromatic carbocycles. The van der Waals surface area contributed by atoms with Gasteiger partial charge in [-0.1, -0.05) is 29.8 Å². The minimum absolute atomic E-state index is 0.0213. The van der Waals surface area contributed by atoms with Gasteiger partial charge in [0.25, 0.3) is 5.69 Å². The molecule has 0 aliphatic heterocycles. The quantitative estimate of drug-likeness (QED) is 0.575. The number of hydrogen-bond donors (Lipinski definition) is 1. The molecule has 24 heavy (non-hydrogen) atoms. The molecule has 1 heterocycles. The van der Waals surface area contributed by atoms with Crippen LogP contribution >= 0.6 is 0 Å². The van der Waals surface area contributed by atoms with Gasteiger partial charge in [-0.3, -0.25) is 10.1 Å². The van der Waals surface area contributed by atoms with E-state index in [4.69, 9.17) is 0 Å². The number of benzene rings is 2.